The first-order valence-corrected chi connectivity index (χ1v) is 11.1. The zero-order valence-electron chi connectivity index (χ0n) is 18.7. The van der Waals surface area contributed by atoms with E-state index in [0.29, 0.717) is 0 Å². The quantitative estimate of drug-likeness (QED) is 0.190. The minimum Gasteiger partial charge on any atom is -0.314 e. The number of hydrogen-bond acceptors (Lipinski definition) is 3. The van der Waals surface area contributed by atoms with Gasteiger partial charge in [-0.15, -0.1) is 29.0 Å². The number of aromatic nitrogens is 3. The Hall–Kier alpha value is -4.01. The standard InChI is InChI=1S/C30H20N4.Pt/c1-2-13-25(14-3-1)34(30-19-8-18-29(32-30)33-21-9-20-31-33)26-15-6-12-24(22-26)28-17-7-11-23-10-4-5-16-27(23)28;/h1-16,18-21H;/q-2;+2. The molecule has 0 radical (unpaired) electrons. The molecule has 6 aromatic rings. The molecule has 0 aliphatic heterocycles. The van der Waals surface area contributed by atoms with Crippen molar-refractivity contribution in [3.05, 3.63) is 134 Å². The third-order valence-electron chi connectivity index (χ3n) is 5.71. The first kappa shape index (κ1) is 22.8. The zero-order chi connectivity index (χ0) is 22.7. The van der Waals surface area contributed by atoms with E-state index in [1.165, 1.54) is 5.39 Å². The van der Waals surface area contributed by atoms with Gasteiger partial charge in [0.1, 0.15) is 5.82 Å². The summed E-state index contributed by atoms with van der Waals surface area (Å²) in [5.41, 5.74) is 3.92. The monoisotopic (exact) mass is 631 g/mol. The van der Waals surface area contributed by atoms with Crippen LogP contribution in [0.4, 0.5) is 17.2 Å². The number of hydrogen-bond donors (Lipinski definition) is 0. The first-order valence-electron chi connectivity index (χ1n) is 11.1. The summed E-state index contributed by atoms with van der Waals surface area (Å²) in [6.07, 6.45) is 3.64. The van der Waals surface area contributed by atoms with E-state index in [-0.39, 0.29) is 21.1 Å². The molecule has 4 aromatic carbocycles. The van der Waals surface area contributed by atoms with Crippen molar-refractivity contribution < 1.29 is 21.1 Å². The minimum atomic E-state index is 0. The van der Waals surface area contributed by atoms with Crippen molar-refractivity contribution >= 4 is 28.0 Å². The number of para-hydroxylation sites is 1. The van der Waals surface area contributed by atoms with Crippen LogP contribution in [0.2, 0.25) is 0 Å². The third-order valence-corrected chi connectivity index (χ3v) is 5.71. The number of pyridine rings is 1. The molecular formula is C30H20N4Pt. The van der Waals surface area contributed by atoms with Gasteiger partial charge < -0.3 is 4.90 Å². The van der Waals surface area contributed by atoms with Gasteiger partial charge in [0.15, 0.2) is 5.82 Å². The number of benzene rings is 4. The van der Waals surface area contributed by atoms with E-state index in [1.807, 2.05) is 54.7 Å². The fourth-order valence-electron chi connectivity index (χ4n) is 4.16. The van der Waals surface area contributed by atoms with Gasteiger partial charge in [0.05, 0.1) is 0 Å². The predicted molar refractivity (Wildman–Crippen MR) is 137 cm³/mol. The minimum absolute atomic E-state index is 0. The van der Waals surface area contributed by atoms with Crippen LogP contribution >= 0.6 is 0 Å². The molecule has 0 aliphatic rings. The Morgan fingerprint density at radius 1 is 0.743 bits per heavy atom. The number of anilines is 3. The topological polar surface area (TPSA) is 34.0 Å². The van der Waals surface area contributed by atoms with Gasteiger partial charge in [0, 0.05) is 18.1 Å². The molecule has 0 saturated carbocycles. The Kier molecular flexibility index (Phi) is 6.56. The molecule has 6 rings (SSSR count). The van der Waals surface area contributed by atoms with E-state index >= 15 is 0 Å². The first-order chi connectivity index (χ1) is 16.9. The van der Waals surface area contributed by atoms with E-state index < -0.39 is 0 Å². The van der Waals surface area contributed by atoms with Crippen LogP contribution in [-0.4, -0.2) is 14.8 Å². The van der Waals surface area contributed by atoms with E-state index in [0.717, 1.165) is 39.5 Å². The second kappa shape index (κ2) is 10.1. The SMILES string of the molecule is [Pt+2].[c-]1c(-c2[c-]ccc3ccccc23)cccc1N(c1ccccc1)c1cccc(-n2cccn2)n1. The maximum absolute atomic E-state index is 4.92. The van der Waals surface area contributed by atoms with Crippen molar-refractivity contribution in [3.8, 4) is 16.9 Å². The van der Waals surface area contributed by atoms with Crippen LogP contribution in [0.5, 0.6) is 0 Å². The molecule has 0 aliphatic carbocycles. The Morgan fingerprint density at radius 3 is 2.43 bits per heavy atom. The average molecular weight is 632 g/mol. The maximum atomic E-state index is 4.92. The summed E-state index contributed by atoms with van der Waals surface area (Å²) < 4.78 is 1.76. The molecule has 0 atom stereocenters. The van der Waals surface area contributed by atoms with Crippen molar-refractivity contribution in [2.24, 2.45) is 0 Å². The Morgan fingerprint density at radius 2 is 1.57 bits per heavy atom. The van der Waals surface area contributed by atoms with E-state index in [1.54, 1.807) is 10.9 Å². The van der Waals surface area contributed by atoms with Crippen molar-refractivity contribution in [2.45, 2.75) is 0 Å². The van der Waals surface area contributed by atoms with E-state index in [4.69, 9.17) is 4.98 Å². The predicted octanol–water partition coefficient (Wildman–Crippen LogP) is 7.16. The van der Waals surface area contributed by atoms with Crippen LogP contribution in [0, 0.1) is 12.1 Å². The molecular weight excluding hydrogens is 611 g/mol. The van der Waals surface area contributed by atoms with E-state index in [9.17, 15) is 0 Å². The molecule has 0 saturated heterocycles. The molecule has 2 heterocycles. The molecule has 4 nitrogen and oxygen atoms in total. The average Bonchev–Trinajstić information content (AvgIpc) is 3.45. The Balaban J connectivity index is 0.00000253. The van der Waals surface area contributed by atoms with Crippen molar-refractivity contribution in [1.29, 1.82) is 0 Å². The Labute approximate surface area is 218 Å². The summed E-state index contributed by atoms with van der Waals surface area (Å²) in [7, 11) is 0. The fraction of sp³-hybridized carbons (Fsp3) is 0. The second-order valence-electron chi connectivity index (χ2n) is 7.87. The van der Waals surface area contributed by atoms with Crippen molar-refractivity contribution in [3.63, 3.8) is 0 Å². The van der Waals surface area contributed by atoms with Gasteiger partial charge in [0.2, 0.25) is 0 Å². The van der Waals surface area contributed by atoms with Crippen molar-refractivity contribution in [1.82, 2.24) is 14.8 Å². The molecule has 0 unspecified atom stereocenters. The molecule has 0 bridgehead atoms. The van der Waals surface area contributed by atoms with Gasteiger partial charge >= 0.3 is 21.1 Å². The summed E-state index contributed by atoms with van der Waals surface area (Å²) in [5, 5.41) is 6.68. The normalized spacial score (nSPS) is 10.6. The molecule has 0 N–H and O–H groups in total. The smallest absolute Gasteiger partial charge is 0.314 e. The van der Waals surface area contributed by atoms with Crippen LogP contribution in [0.25, 0.3) is 27.7 Å². The van der Waals surface area contributed by atoms with Gasteiger partial charge in [-0.1, -0.05) is 42.5 Å². The number of rotatable bonds is 5. The van der Waals surface area contributed by atoms with Gasteiger partial charge in [-0.3, -0.25) is 0 Å². The summed E-state index contributed by atoms with van der Waals surface area (Å²) in [6, 6.07) is 43.8. The van der Waals surface area contributed by atoms with Gasteiger partial charge in [-0.25, -0.2) is 20.8 Å². The number of fused-ring (bicyclic) bond motifs is 1. The second-order valence-corrected chi connectivity index (χ2v) is 7.87. The van der Waals surface area contributed by atoms with Crippen molar-refractivity contribution in [2.75, 3.05) is 4.90 Å². The van der Waals surface area contributed by atoms with Gasteiger partial charge in [0.25, 0.3) is 0 Å². The van der Waals surface area contributed by atoms with Crippen LogP contribution in [0.1, 0.15) is 0 Å². The molecule has 0 fully saturated rings. The molecule has 2 aromatic heterocycles. The fourth-order valence-corrected chi connectivity index (χ4v) is 4.16. The van der Waals surface area contributed by atoms with Gasteiger partial charge in [-0.05, 0) is 36.0 Å². The molecule has 5 heteroatoms. The molecule has 35 heavy (non-hydrogen) atoms. The molecule has 0 amide bonds. The zero-order valence-corrected chi connectivity index (χ0v) is 20.9. The largest absolute Gasteiger partial charge is 2.00 e. The summed E-state index contributed by atoms with van der Waals surface area (Å²) in [5.74, 6) is 1.54. The molecule has 0 spiro atoms. The van der Waals surface area contributed by atoms with Crippen LogP contribution in [0.15, 0.2) is 122 Å². The summed E-state index contributed by atoms with van der Waals surface area (Å²) >= 11 is 0. The van der Waals surface area contributed by atoms with E-state index in [2.05, 4.69) is 82.8 Å². The van der Waals surface area contributed by atoms with Crippen LogP contribution < -0.4 is 4.90 Å². The van der Waals surface area contributed by atoms with Crippen LogP contribution in [0.3, 0.4) is 0 Å². The molecule has 170 valence electrons. The van der Waals surface area contributed by atoms with Gasteiger partial charge in [-0.2, -0.15) is 35.4 Å². The summed E-state index contributed by atoms with van der Waals surface area (Å²) in [6.45, 7) is 0. The summed E-state index contributed by atoms with van der Waals surface area (Å²) in [4.78, 5) is 7.03. The third kappa shape index (κ3) is 4.53. The number of nitrogens with zero attached hydrogens (tertiary/aromatic N) is 4. The van der Waals surface area contributed by atoms with Crippen LogP contribution in [-0.2, 0) is 21.1 Å². The maximum Gasteiger partial charge on any atom is 2.00 e. The Bertz CT molecular complexity index is 1560.